The number of nitrogens with one attached hydrogen (secondary N) is 1. The fourth-order valence-corrected chi connectivity index (χ4v) is 3.13. The number of aromatic nitrogens is 1. The minimum Gasteiger partial charge on any atom is -0.382 e. The van der Waals surface area contributed by atoms with Crippen LogP contribution >= 0.6 is 11.5 Å². The molecule has 1 aromatic heterocycles. The summed E-state index contributed by atoms with van der Waals surface area (Å²) in [5, 5.41) is 4.65. The van der Waals surface area contributed by atoms with Gasteiger partial charge in [0.05, 0.1) is 5.56 Å². The molecule has 0 aliphatic carbocycles. The van der Waals surface area contributed by atoms with Gasteiger partial charge in [-0.15, -0.1) is 0 Å². The summed E-state index contributed by atoms with van der Waals surface area (Å²) in [7, 11) is 0. The van der Waals surface area contributed by atoms with Crippen LogP contribution in [0.5, 0.6) is 0 Å². The number of rotatable bonds is 7. The van der Waals surface area contributed by atoms with Crippen LogP contribution in [0.4, 0.5) is 10.8 Å². The van der Waals surface area contributed by atoms with Crippen LogP contribution in [0.25, 0.3) is 11.1 Å². The summed E-state index contributed by atoms with van der Waals surface area (Å²) < 4.78 is 4.30. The lowest BCUT2D eigenvalue weighted by Gasteiger charge is -2.14. The third-order valence-corrected chi connectivity index (χ3v) is 4.19. The molecule has 20 heavy (non-hydrogen) atoms. The van der Waals surface area contributed by atoms with E-state index < -0.39 is 0 Å². The molecule has 2 aromatic rings. The van der Waals surface area contributed by atoms with Crippen LogP contribution < -0.4 is 11.1 Å². The summed E-state index contributed by atoms with van der Waals surface area (Å²) in [5.74, 6) is 0.615. The first-order chi connectivity index (χ1) is 9.72. The van der Waals surface area contributed by atoms with Gasteiger partial charge in [-0.05, 0) is 30.4 Å². The number of hydrogen-bond acceptors (Lipinski definition) is 4. The number of hydrogen-bond donors (Lipinski definition) is 2. The van der Waals surface area contributed by atoms with E-state index in [1.165, 1.54) is 37.2 Å². The maximum absolute atomic E-state index is 6.03. The molecule has 0 fully saturated rings. The van der Waals surface area contributed by atoms with E-state index >= 15 is 0 Å². The number of anilines is 2. The lowest BCUT2D eigenvalue weighted by atomic mass is 10.1. The number of nitrogens with zero attached hydrogens (tertiary/aromatic N) is 1. The maximum Gasteiger partial charge on any atom is 0.147 e. The van der Waals surface area contributed by atoms with Gasteiger partial charge in [-0.3, -0.25) is 0 Å². The second kappa shape index (κ2) is 7.29. The van der Waals surface area contributed by atoms with Gasteiger partial charge in [0.2, 0.25) is 0 Å². The van der Waals surface area contributed by atoms with Crippen LogP contribution in [0.3, 0.4) is 0 Å². The average molecular weight is 289 g/mol. The van der Waals surface area contributed by atoms with Gasteiger partial charge in [-0.2, -0.15) is 4.37 Å². The Bertz CT molecular complexity index is 522. The van der Waals surface area contributed by atoms with Crippen molar-refractivity contribution < 1.29 is 0 Å². The lowest BCUT2D eigenvalue weighted by Crippen LogP contribution is -2.14. The second-order valence-electron chi connectivity index (χ2n) is 5.18. The fourth-order valence-electron chi connectivity index (χ4n) is 2.28. The van der Waals surface area contributed by atoms with Crippen molar-refractivity contribution in [2.24, 2.45) is 0 Å². The largest absolute Gasteiger partial charge is 0.382 e. The van der Waals surface area contributed by atoms with Gasteiger partial charge in [0, 0.05) is 6.04 Å². The molecule has 2 rings (SSSR count). The quantitative estimate of drug-likeness (QED) is 0.722. The molecule has 0 spiro atoms. The minimum absolute atomic E-state index is 0.448. The van der Waals surface area contributed by atoms with Gasteiger partial charge in [0.1, 0.15) is 10.8 Å². The van der Waals surface area contributed by atoms with Crippen LogP contribution in [0, 0.1) is 0 Å². The standard InChI is InChI=1S/C16H23N3S/c1-3-4-6-9-12(2)18-16-14(15(17)19-20-16)13-10-7-5-8-11-13/h5,7-8,10-12,18H,3-4,6,9H2,1-2H3,(H2,17,19). The highest BCUT2D eigenvalue weighted by atomic mass is 32.1. The predicted molar refractivity (Wildman–Crippen MR) is 89.2 cm³/mol. The van der Waals surface area contributed by atoms with Gasteiger partial charge in [-0.1, -0.05) is 56.5 Å². The van der Waals surface area contributed by atoms with Crippen LogP contribution in [0.2, 0.25) is 0 Å². The van der Waals surface area contributed by atoms with Crippen LogP contribution in [0.15, 0.2) is 30.3 Å². The first-order valence-corrected chi connectivity index (χ1v) is 8.06. The maximum atomic E-state index is 6.03. The predicted octanol–water partition coefficient (Wildman–Crippen LogP) is 4.77. The number of unbranched alkanes of at least 4 members (excludes halogenated alkanes) is 2. The summed E-state index contributed by atoms with van der Waals surface area (Å²) in [6.45, 7) is 4.45. The monoisotopic (exact) mass is 289 g/mol. The second-order valence-corrected chi connectivity index (χ2v) is 5.95. The molecule has 3 N–H and O–H groups in total. The molecular formula is C16H23N3S. The zero-order chi connectivity index (χ0) is 14.4. The van der Waals surface area contributed by atoms with Crippen molar-refractivity contribution in [1.29, 1.82) is 0 Å². The van der Waals surface area contributed by atoms with E-state index in [4.69, 9.17) is 5.73 Å². The molecule has 0 aliphatic heterocycles. The van der Waals surface area contributed by atoms with Crippen LogP contribution in [-0.4, -0.2) is 10.4 Å². The van der Waals surface area contributed by atoms with Crippen LogP contribution in [0.1, 0.15) is 39.5 Å². The molecule has 108 valence electrons. The molecule has 1 heterocycles. The molecule has 0 aliphatic rings. The van der Waals surface area contributed by atoms with Gasteiger partial charge in [-0.25, -0.2) is 0 Å². The third kappa shape index (κ3) is 3.73. The van der Waals surface area contributed by atoms with E-state index in [1.807, 2.05) is 18.2 Å². The van der Waals surface area contributed by atoms with Crippen molar-refractivity contribution in [3.05, 3.63) is 30.3 Å². The molecular weight excluding hydrogens is 266 g/mol. The smallest absolute Gasteiger partial charge is 0.147 e. The average Bonchev–Trinajstić information content (AvgIpc) is 2.81. The summed E-state index contributed by atoms with van der Waals surface area (Å²) >= 11 is 1.45. The highest BCUT2D eigenvalue weighted by Gasteiger charge is 2.14. The Balaban J connectivity index is 2.10. The number of benzene rings is 1. The fraction of sp³-hybridized carbons (Fsp3) is 0.438. The summed E-state index contributed by atoms with van der Waals surface area (Å²) in [5.41, 5.74) is 8.20. The summed E-state index contributed by atoms with van der Waals surface area (Å²) in [6.07, 6.45) is 5.00. The molecule has 1 unspecified atom stereocenters. The van der Waals surface area contributed by atoms with Crippen molar-refractivity contribution in [2.45, 2.75) is 45.6 Å². The molecule has 0 saturated heterocycles. The zero-order valence-corrected chi connectivity index (χ0v) is 13.0. The van der Waals surface area contributed by atoms with Crippen molar-refractivity contribution in [2.75, 3.05) is 11.1 Å². The Labute approximate surface area is 125 Å². The Morgan fingerprint density at radius 1 is 1.25 bits per heavy atom. The summed E-state index contributed by atoms with van der Waals surface area (Å²) in [6, 6.07) is 10.7. The summed E-state index contributed by atoms with van der Waals surface area (Å²) in [4.78, 5) is 0. The van der Waals surface area contributed by atoms with Crippen molar-refractivity contribution in [3.8, 4) is 11.1 Å². The highest BCUT2D eigenvalue weighted by Crippen LogP contribution is 2.37. The Morgan fingerprint density at radius 2 is 2.00 bits per heavy atom. The van der Waals surface area contributed by atoms with E-state index in [2.05, 4.69) is 35.7 Å². The normalized spacial score (nSPS) is 12.3. The molecule has 4 heteroatoms. The SMILES string of the molecule is CCCCCC(C)Nc1snc(N)c1-c1ccccc1. The Hall–Kier alpha value is -1.55. The highest BCUT2D eigenvalue weighted by molar-refractivity contribution is 7.11. The van der Waals surface area contributed by atoms with Gasteiger partial charge >= 0.3 is 0 Å². The molecule has 0 radical (unpaired) electrons. The van der Waals surface area contributed by atoms with Crippen molar-refractivity contribution >= 4 is 22.4 Å². The van der Waals surface area contributed by atoms with E-state index in [1.54, 1.807) is 0 Å². The van der Waals surface area contributed by atoms with E-state index in [-0.39, 0.29) is 0 Å². The Kier molecular flexibility index (Phi) is 5.41. The van der Waals surface area contributed by atoms with Gasteiger partial charge in [0.25, 0.3) is 0 Å². The van der Waals surface area contributed by atoms with Gasteiger partial charge in [0.15, 0.2) is 0 Å². The first kappa shape index (κ1) is 14.9. The van der Waals surface area contributed by atoms with Crippen molar-refractivity contribution in [1.82, 2.24) is 4.37 Å². The molecule has 1 aromatic carbocycles. The van der Waals surface area contributed by atoms with Crippen LogP contribution in [-0.2, 0) is 0 Å². The van der Waals surface area contributed by atoms with E-state index in [0.717, 1.165) is 16.1 Å². The van der Waals surface area contributed by atoms with Gasteiger partial charge < -0.3 is 11.1 Å². The molecule has 3 nitrogen and oxygen atoms in total. The first-order valence-electron chi connectivity index (χ1n) is 7.29. The molecule has 0 amide bonds. The van der Waals surface area contributed by atoms with E-state index in [9.17, 15) is 0 Å². The Morgan fingerprint density at radius 3 is 2.70 bits per heavy atom. The zero-order valence-electron chi connectivity index (χ0n) is 12.2. The third-order valence-electron chi connectivity index (χ3n) is 3.40. The lowest BCUT2D eigenvalue weighted by molar-refractivity contribution is 0.616. The molecule has 0 bridgehead atoms. The van der Waals surface area contributed by atoms with E-state index in [0.29, 0.717) is 11.9 Å². The number of nitrogens with two attached hydrogens (primary N) is 1. The molecule has 0 saturated carbocycles. The van der Waals surface area contributed by atoms with Crippen molar-refractivity contribution in [3.63, 3.8) is 0 Å². The topological polar surface area (TPSA) is 50.9 Å². The number of nitrogen functional groups attached to an aromatic ring is 1. The molecule has 1 atom stereocenters. The minimum atomic E-state index is 0.448.